The van der Waals surface area contributed by atoms with Gasteiger partial charge in [-0.1, -0.05) is 47.5 Å². The van der Waals surface area contributed by atoms with Crippen LogP contribution < -0.4 is 10.6 Å². The summed E-state index contributed by atoms with van der Waals surface area (Å²) in [5, 5.41) is 25.1. The lowest BCUT2D eigenvalue weighted by molar-refractivity contribution is 0.0687. The van der Waals surface area contributed by atoms with E-state index in [1.807, 2.05) is 13.0 Å². The zero-order valence-electron chi connectivity index (χ0n) is 20.7. The summed E-state index contributed by atoms with van der Waals surface area (Å²) in [5.74, 6) is -3.40. The van der Waals surface area contributed by atoms with Crippen molar-refractivity contribution in [2.75, 3.05) is 10.6 Å². The van der Waals surface area contributed by atoms with Crippen LogP contribution in [0.3, 0.4) is 0 Å². The van der Waals surface area contributed by atoms with Crippen LogP contribution in [0.1, 0.15) is 58.1 Å². The van der Waals surface area contributed by atoms with Crippen molar-refractivity contribution in [3.8, 4) is 0 Å². The molecule has 0 aliphatic rings. The number of carboxylic acids is 2. The Morgan fingerprint density at radius 2 is 1.15 bits per heavy atom. The number of rotatable bonds is 8. The third-order valence-electron chi connectivity index (χ3n) is 5.90. The summed E-state index contributed by atoms with van der Waals surface area (Å²) in [7, 11) is 0. The van der Waals surface area contributed by atoms with Gasteiger partial charge in [-0.15, -0.1) is 0 Å². The molecule has 0 bridgehead atoms. The Morgan fingerprint density at radius 3 is 1.62 bits per heavy atom. The van der Waals surface area contributed by atoms with E-state index in [2.05, 4.69) is 10.6 Å². The molecule has 0 atom stereocenters. The second-order valence-corrected chi connectivity index (χ2v) is 9.27. The van der Waals surface area contributed by atoms with E-state index in [-0.39, 0.29) is 34.5 Å². The molecule has 196 valence electrons. The highest BCUT2D eigenvalue weighted by Crippen LogP contribution is 2.24. The summed E-state index contributed by atoms with van der Waals surface area (Å²) < 4.78 is 0. The normalized spacial score (nSPS) is 10.5. The lowest BCUT2D eigenvalue weighted by atomic mass is 9.99. The number of amides is 2. The van der Waals surface area contributed by atoms with Crippen LogP contribution in [0.4, 0.5) is 11.4 Å². The Hall–Kier alpha value is -4.95. The number of carbonyl (C=O) groups is 4. The molecule has 4 N–H and O–H groups in total. The number of benzene rings is 4. The molecule has 0 saturated heterocycles. The third-order valence-corrected chi connectivity index (χ3v) is 6.14. The van der Waals surface area contributed by atoms with E-state index in [9.17, 15) is 29.4 Å². The van der Waals surface area contributed by atoms with Gasteiger partial charge in [-0.05, 0) is 79.1 Å². The Bertz CT molecular complexity index is 1500. The molecule has 0 heterocycles. The Labute approximate surface area is 228 Å². The van der Waals surface area contributed by atoms with E-state index >= 15 is 0 Å². The average molecular weight is 543 g/mol. The van der Waals surface area contributed by atoms with Crippen LogP contribution in [-0.4, -0.2) is 34.0 Å². The molecule has 0 aliphatic heterocycles. The zero-order valence-corrected chi connectivity index (χ0v) is 21.5. The summed E-state index contributed by atoms with van der Waals surface area (Å²) in [6.45, 7) is 1.85. The van der Waals surface area contributed by atoms with Crippen LogP contribution in [0.25, 0.3) is 0 Å². The van der Waals surface area contributed by atoms with Crippen LogP contribution in [-0.2, 0) is 6.42 Å². The topological polar surface area (TPSA) is 133 Å². The summed E-state index contributed by atoms with van der Waals surface area (Å²) in [4.78, 5) is 49.1. The van der Waals surface area contributed by atoms with E-state index in [0.29, 0.717) is 21.7 Å². The Morgan fingerprint density at radius 1 is 0.667 bits per heavy atom. The highest BCUT2D eigenvalue weighted by atomic mass is 35.5. The highest BCUT2D eigenvalue weighted by molar-refractivity contribution is 6.31. The van der Waals surface area contributed by atoms with Crippen molar-refractivity contribution in [3.63, 3.8) is 0 Å². The van der Waals surface area contributed by atoms with Gasteiger partial charge >= 0.3 is 11.9 Å². The first kappa shape index (κ1) is 27.1. The van der Waals surface area contributed by atoms with E-state index in [0.717, 1.165) is 5.56 Å². The van der Waals surface area contributed by atoms with Gasteiger partial charge in [0.25, 0.3) is 11.8 Å². The molecule has 8 nitrogen and oxygen atoms in total. The maximum Gasteiger partial charge on any atom is 0.337 e. The second kappa shape index (κ2) is 11.6. The van der Waals surface area contributed by atoms with Crippen molar-refractivity contribution >= 4 is 46.7 Å². The quantitative estimate of drug-likeness (QED) is 0.211. The molecule has 4 aromatic carbocycles. The zero-order chi connectivity index (χ0) is 28.1. The van der Waals surface area contributed by atoms with Gasteiger partial charge in [0.2, 0.25) is 0 Å². The monoisotopic (exact) mass is 542 g/mol. The van der Waals surface area contributed by atoms with Crippen molar-refractivity contribution in [1.29, 1.82) is 0 Å². The molecule has 4 rings (SSSR count). The second-order valence-electron chi connectivity index (χ2n) is 8.84. The standard InChI is InChI=1S/C30H23ClN2O6/c1-17-4-2-5-20(12-17)27(34)32-25-10-8-18(14-23(25)29(36)37)13-19-9-11-26(24(15-19)30(38)39)33-28(35)21-6-3-7-22(31)16-21/h2-12,14-16H,13H2,1H3,(H,32,34)(H,33,35)(H,36,37)(H,38,39). The highest BCUT2D eigenvalue weighted by Gasteiger charge is 2.17. The number of halogens is 1. The maximum atomic E-state index is 12.6. The smallest absolute Gasteiger partial charge is 0.337 e. The first-order valence-corrected chi connectivity index (χ1v) is 12.2. The van der Waals surface area contributed by atoms with Crippen molar-refractivity contribution in [1.82, 2.24) is 0 Å². The molecule has 9 heteroatoms. The fourth-order valence-electron chi connectivity index (χ4n) is 4.02. The van der Waals surface area contributed by atoms with Crippen LogP contribution in [0.5, 0.6) is 0 Å². The van der Waals surface area contributed by atoms with E-state index in [1.54, 1.807) is 48.5 Å². The molecule has 0 aliphatic carbocycles. The Balaban J connectivity index is 1.55. The minimum atomic E-state index is -1.24. The average Bonchev–Trinajstić information content (AvgIpc) is 2.90. The number of nitrogens with one attached hydrogen (secondary N) is 2. The molecule has 4 aromatic rings. The predicted octanol–water partition coefficient (Wildman–Crippen LogP) is 6.14. The molecular weight excluding hydrogens is 520 g/mol. The van der Waals surface area contributed by atoms with E-state index < -0.39 is 23.8 Å². The minimum Gasteiger partial charge on any atom is -0.478 e. The van der Waals surface area contributed by atoms with E-state index in [1.165, 1.54) is 30.3 Å². The van der Waals surface area contributed by atoms with Crippen molar-refractivity contribution in [3.05, 3.63) is 129 Å². The van der Waals surface area contributed by atoms with Gasteiger partial charge in [0.15, 0.2) is 0 Å². The van der Waals surface area contributed by atoms with Gasteiger partial charge in [-0.25, -0.2) is 9.59 Å². The first-order chi connectivity index (χ1) is 18.6. The molecule has 0 aromatic heterocycles. The van der Waals surface area contributed by atoms with Crippen molar-refractivity contribution < 1.29 is 29.4 Å². The molecule has 2 amide bonds. The molecule has 39 heavy (non-hydrogen) atoms. The number of hydrogen-bond donors (Lipinski definition) is 4. The molecule has 0 unspecified atom stereocenters. The van der Waals surface area contributed by atoms with Gasteiger partial charge in [0, 0.05) is 16.1 Å². The number of carboxylic acid groups (broad SMARTS) is 2. The lowest BCUT2D eigenvalue weighted by Crippen LogP contribution is -2.15. The summed E-state index contributed by atoms with van der Waals surface area (Å²) >= 11 is 5.94. The fraction of sp³-hybridized carbons (Fsp3) is 0.0667. The third kappa shape index (κ3) is 6.68. The summed E-state index contributed by atoms with van der Waals surface area (Å²) in [6.07, 6.45) is 0.217. The summed E-state index contributed by atoms with van der Waals surface area (Å²) in [6, 6.07) is 22.3. The number of aromatic carboxylic acids is 2. The molecule has 0 radical (unpaired) electrons. The number of hydrogen-bond acceptors (Lipinski definition) is 4. The van der Waals surface area contributed by atoms with Crippen LogP contribution in [0.15, 0.2) is 84.9 Å². The fourth-order valence-corrected chi connectivity index (χ4v) is 4.21. The molecule has 0 fully saturated rings. The minimum absolute atomic E-state index is 0.0997. The maximum absolute atomic E-state index is 12.6. The van der Waals surface area contributed by atoms with Crippen LogP contribution in [0, 0.1) is 6.92 Å². The van der Waals surface area contributed by atoms with Gasteiger partial charge in [-0.2, -0.15) is 0 Å². The number of carbonyl (C=O) groups excluding carboxylic acids is 2. The van der Waals surface area contributed by atoms with Gasteiger partial charge < -0.3 is 20.8 Å². The van der Waals surface area contributed by atoms with Crippen LogP contribution in [0.2, 0.25) is 5.02 Å². The van der Waals surface area contributed by atoms with Gasteiger partial charge in [-0.3, -0.25) is 9.59 Å². The predicted molar refractivity (Wildman–Crippen MR) is 148 cm³/mol. The molecule has 0 spiro atoms. The number of aryl methyl sites for hydroxylation is 1. The first-order valence-electron chi connectivity index (χ1n) is 11.8. The summed E-state index contributed by atoms with van der Waals surface area (Å²) in [5.41, 5.74) is 2.78. The molecule has 0 saturated carbocycles. The largest absolute Gasteiger partial charge is 0.478 e. The number of anilines is 2. The SMILES string of the molecule is Cc1cccc(C(=O)Nc2ccc(Cc3ccc(NC(=O)c4cccc(Cl)c4)c(C(=O)O)c3)cc2C(=O)O)c1. The van der Waals surface area contributed by atoms with Gasteiger partial charge in [0.05, 0.1) is 22.5 Å². The lowest BCUT2D eigenvalue weighted by Gasteiger charge is -2.13. The van der Waals surface area contributed by atoms with Gasteiger partial charge in [0.1, 0.15) is 0 Å². The Kier molecular flexibility index (Phi) is 8.07. The van der Waals surface area contributed by atoms with Crippen molar-refractivity contribution in [2.45, 2.75) is 13.3 Å². The van der Waals surface area contributed by atoms with E-state index in [4.69, 9.17) is 11.6 Å². The molecular formula is C30H23ClN2O6. The van der Waals surface area contributed by atoms with Crippen LogP contribution >= 0.6 is 11.6 Å². The van der Waals surface area contributed by atoms with Crippen molar-refractivity contribution in [2.24, 2.45) is 0 Å².